The monoisotopic (exact) mass is 278 g/mol. The van der Waals surface area contributed by atoms with Gasteiger partial charge in [-0.1, -0.05) is 36.4 Å². The number of hydrogen-bond acceptors (Lipinski definition) is 3. The Hall–Kier alpha value is -0.940. The number of benzene rings is 2. The van der Waals surface area contributed by atoms with E-state index in [9.17, 15) is 9.11 Å². The topological polar surface area (TPSA) is 40.5 Å². The maximum Gasteiger partial charge on any atom is 0.0628 e. The van der Waals surface area contributed by atoms with Gasteiger partial charge >= 0.3 is 0 Å². The Balaban J connectivity index is 1.92. The molecule has 0 amide bonds. The molecular weight excluding hydrogens is 264 g/mol. The van der Waals surface area contributed by atoms with E-state index in [1.54, 1.807) is 11.8 Å². The van der Waals surface area contributed by atoms with Crippen molar-refractivity contribution in [2.24, 2.45) is 0 Å². The Bertz CT molecular complexity index is 555. The lowest BCUT2D eigenvalue weighted by atomic mass is 10.2. The predicted octanol–water partition coefficient (Wildman–Crippen LogP) is 4.64. The van der Waals surface area contributed by atoms with Crippen LogP contribution >= 0.6 is 22.4 Å². The molecule has 94 valence electrons. The molecule has 0 saturated carbocycles. The second-order valence-corrected chi connectivity index (χ2v) is 7.67. The van der Waals surface area contributed by atoms with Gasteiger partial charge in [-0.2, -0.15) is 10.6 Å². The van der Waals surface area contributed by atoms with Crippen LogP contribution < -0.4 is 0 Å². The smallest absolute Gasteiger partial charge is 0.0628 e. The minimum absolute atomic E-state index is 0.133. The van der Waals surface area contributed by atoms with Crippen LogP contribution in [-0.2, 0) is 0 Å². The minimum Gasteiger partial charge on any atom is -0.295 e. The molecule has 4 heteroatoms. The summed E-state index contributed by atoms with van der Waals surface area (Å²) in [6, 6.07) is 17.7. The maximum absolute atomic E-state index is 10.1. The van der Waals surface area contributed by atoms with Crippen molar-refractivity contribution >= 4 is 22.4 Å². The number of rotatable bonds is 2. The van der Waals surface area contributed by atoms with Crippen molar-refractivity contribution in [1.82, 2.24) is 0 Å². The first-order valence-corrected chi connectivity index (χ1v) is 8.33. The summed E-state index contributed by atoms with van der Waals surface area (Å²) in [5, 5.41) is 0.133. The molecule has 1 atom stereocenters. The fourth-order valence-corrected chi connectivity index (χ4v) is 5.75. The van der Waals surface area contributed by atoms with E-state index in [2.05, 4.69) is 12.1 Å². The Labute approximate surface area is 112 Å². The number of hydrogen-bond donors (Lipinski definition) is 2. The Kier molecular flexibility index (Phi) is 3.11. The molecular formula is C14H14O2S2. The lowest BCUT2D eigenvalue weighted by Gasteiger charge is -2.27. The third-order valence-corrected chi connectivity index (χ3v) is 6.36. The molecule has 2 aromatic carbocycles. The summed E-state index contributed by atoms with van der Waals surface area (Å²) in [6.07, 6.45) is 0. The van der Waals surface area contributed by atoms with Gasteiger partial charge in [-0.15, -0.1) is 11.8 Å². The summed E-state index contributed by atoms with van der Waals surface area (Å²) in [6.45, 7) is 0. The van der Waals surface area contributed by atoms with Crippen LogP contribution in [0.2, 0.25) is 0 Å². The third kappa shape index (κ3) is 2.17. The second kappa shape index (κ2) is 4.63. The quantitative estimate of drug-likeness (QED) is 0.840. The van der Waals surface area contributed by atoms with Crippen molar-refractivity contribution in [3.8, 4) is 0 Å². The first-order chi connectivity index (χ1) is 8.67. The maximum atomic E-state index is 10.1. The van der Waals surface area contributed by atoms with Gasteiger partial charge in [0.1, 0.15) is 0 Å². The van der Waals surface area contributed by atoms with Gasteiger partial charge in [-0.3, -0.25) is 9.11 Å². The van der Waals surface area contributed by atoms with Crippen molar-refractivity contribution in [1.29, 1.82) is 0 Å². The Morgan fingerprint density at radius 1 is 0.944 bits per heavy atom. The van der Waals surface area contributed by atoms with Crippen molar-refractivity contribution < 1.29 is 9.11 Å². The van der Waals surface area contributed by atoms with Crippen molar-refractivity contribution in [2.75, 3.05) is 5.75 Å². The molecule has 0 aliphatic carbocycles. The van der Waals surface area contributed by atoms with Crippen LogP contribution in [-0.4, -0.2) is 14.9 Å². The lowest BCUT2D eigenvalue weighted by Crippen LogP contribution is -1.98. The molecule has 3 rings (SSSR count). The van der Waals surface area contributed by atoms with Gasteiger partial charge in [-0.05, 0) is 23.8 Å². The molecule has 1 heterocycles. The van der Waals surface area contributed by atoms with E-state index < -0.39 is 10.6 Å². The largest absolute Gasteiger partial charge is 0.295 e. The van der Waals surface area contributed by atoms with Gasteiger partial charge in [0.15, 0.2) is 0 Å². The highest BCUT2D eigenvalue weighted by Gasteiger charge is 2.34. The molecule has 0 fully saturated rings. The van der Waals surface area contributed by atoms with Crippen LogP contribution in [0.1, 0.15) is 10.8 Å². The van der Waals surface area contributed by atoms with Crippen LogP contribution in [0.25, 0.3) is 0 Å². The molecule has 2 nitrogen and oxygen atoms in total. The molecule has 0 radical (unpaired) electrons. The van der Waals surface area contributed by atoms with E-state index in [-0.39, 0.29) is 5.25 Å². The first kappa shape index (κ1) is 12.1. The predicted molar refractivity (Wildman–Crippen MR) is 77.5 cm³/mol. The van der Waals surface area contributed by atoms with E-state index in [1.807, 2.05) is 42.5 Å². The van der Waals surface area contributed by atoms with Crippen LogP contribution in [0.15, 0.2) is 64.4 Å². The molecule has 2 N–H and O–H groups in total. The lowest BCUT2D eigenvalue weighted by molar-refractivity contribution is 0.492. The van der Waals surface area contributed by atoms with Crippen molar-refractivity contribution in [3.63, 3.8) is 0 Å². The third-order valence-electron chi connectivity index (χ3n) is 3.02. The van der Waals surface area contributed by atoms with Gasteiger partial charge in [0.25, 0.3) is 0 Å². The molecule has 0 saturated heterocycles. The van der Waals surface area contributed by atoms with Gasteiger partial charge in [0, 0.05) is 4.90 Å². The molecule has 1 aliphatic rings. The molecule has 1 aliphatic heterocycles. The van der Waals surface area contributed by atoms with Gasteiger partial charge in [-0.25, -0.2) is 0 Å². The highest BCUT2D eigenvalue weighted by Crippen LogP contribution is 2.62. The second-order valence-electron chi connectivity index (χ2n) is 4.29. The zero-order chi connectivity index (χ0) is 12.6. The molecule has 0 spiro atoms. The Morgan fingerprint density at radius 3 is 2.39 bits per heavy atom. The molecule has 0 aromatic heterocycles. The van der Waals surface area contributed by atoms with E-state index in [1.165, 1.54) is 0 Å². The molecule has 1 unspecified atom stereocenters. The SMILES string of the molecule is OS1(O)CC(Sc2ccccc2)c2ccccc21. The Morgan fingerprint density at radius 2 is 1.61 bits per heavy atom. The standard InChI is InChI=1S/C14H14O2S2/c15-18(16)10-13(12-8-4-5-9-14(12)18)17-11-6-2-1-3-7-11/h1-9,13,15-16H,10H2. The van der Waals surface area contributed by atoms with Crippen LogP contribution in [0.3, 0.4) is 0 Å². The van der Waals surface area contributed by atoms with Crippen molar-refractivity contribution in [3.05, 3.63) is 60.2 Å². The summed E-state index contributed by atoms with van der Waals surface area (Å²) in [4.78, 5) is 1.88. The first-order valence-electron chi connectivity index (χ1n) is 5.73. The van der Waals surface area contributed by atoms with Crippen LogP contribution in [0, 0.1) is 0 Å². The summed E-state index contributed by atoms with van der Waals surface area (Å²) >= 11 is 1.70. The molecule has 2 aromatic rings. The fourth-order valence-electron chi connectivity index (χ4n) is 2.20. The molecule has 0 bridgehead atoms. The molecule has 18 heavy (non-hydrogen) atoms. The van der Waals surface area contributed by atoms with E-state index in [4.69, 9.17) is 0 Å². The van der Waals surface area contributed by atoms with Gasteiger partial charge in [0.05, 0.1) is 15.9 Å². The van der Waals surface area contributed by atoms with Crippen molar-refractivity contribution in [2.45, 2.75) is 15.0 Å². The van der Waals surface area contributed by atoms with E-state index in [0.29, 0.717) is 5.75 Å². The minimum atomic E-state index is -2.60. The van der Waals surface area contributed by atoms with Gasteiger partial charge in [0.2, 0.25) is 0 Å². The van der Waals surface area contributed by atoms with Crippen LogP contribution in [0.5, 0.6) is 0 Å². The number of thioether (sulfide) groups is 1. The summed E-state index contributed by atoms with van der Waals surface area (Å²) in [7, 11) is -2.60. The van der Waals surface area contributed by atoms with E-state index >= 15 is 0 Å². The average molecular weight is 278 g/mol. The zero-order valence-electron chi connectivity index (χ0n) is 9.69. The fraction of sp³-hybridized carbons (Fsp3) is 0.143. The number of fused-ring (bicyclic) bond motifs is 1. The highest BCUT2D eigenvalue weighted by atomic mass is 32.3. The summed E-state index contributed by atoms with van der Waals surface area (Å²) < 4.78 is 20.2. The van der Waals surface area contributed by atoms with Crippen LogP contribution in [0.4, 0.5) is 0 Å². The van der Waals surface area contributed by atoms with E-state index in [0.717, 1.165) is 15.4 Å². The summed E-state index contributed by atoms with van der Waals surface area (Å²) in [5.74, 6) is 0.423. The average Bonchev–Trinajstić information content (AvgIpc) is 2.63. The zero-order valence-corrected chi connectivity index (χ0v) is 11.3. The van der Waals surface area contributed by atoms with Gasteiger partial charge < -0.3 is 0 Å². The normalized spacial score (nSPS) is 22.4. The summed E-state index contributed by atoms with van der Waals surface area (Å²) in [5.41, 5.74) is 1.06. The highest BCUT2D eigenvalue weighted by molar-refractivity contribution is 8.25.